The van der Waals surface area contributed by atoms with Gasteiger partial charge in [-0.2, -0.15) is 0 Å². The quantitative estimate of drug-likeness (QED) is 0.835. The predicted octanol–water partition coefficient (Wildman–Crippen LogP) is 2.35. The van der Waals surface area contributed by atoms with Gasteiger partial charge in [0.25, 0.3) is 0 Å². The molecule has 0 bridgehead atoms. The maximum atomic E-state index is 13.1. The van der Waals surface area contributed by atoms with Gasteiger partial charge in [0.2, 0.25) is 11.9 Å². The van der Waals surface area contributed by atoms with Crippen LogP contribution < -0.4 is 10.2 Å². The van der Waals surface area contributed by atoms with Crippen molar-refractivity contribution in [3.8, 4) is 0 Å². The molecule has 138 valence electrons. The summed E-state index contributed by atoms with van der Waals surface area (Å²) in [5, 5.41) is 2.91. The van der Waals surface area contributed by atoms with Gasteiger partial charge >= 0.3 is 0 Å². The predicted molar refractivity (Wildman–Crippen MR) is 96.6 cm³/mol. The van der Waals surface area contributed by atoms with E-state index in [1.165, 1.54) is 6.07 Å². The summed E-state index contributed by atoms with van der Waals surface area (Å²) in [5.74, 6) is 0.0951. The van der Waals surface area contributed by atoms with Crippen LogP contribution in [0.15, 0.2) is 30.5 Å². The Hall–Kier alpha value is -2.25. The summed E-state index contributed by atoms with van der Waals surface area (Å²) in [6.07, 6.45) is 2.48. The molecule has 1 aliphatic heterocycles. The van der Waals surface area contributed by atoms with Crippen molar-refractivity contribution in [2.75, 3.05) is 31.2 Å². The van der Waals surface area contributed by atoms with E-state index in [0.29, 0.717) is 38.5 Å². The van der Waals surface area contributed by atoms with Gasteiger partial charge in [-0.15, -0.1) is 0 Å². The number of ether oxygens (including phenoxy) is 1. The Balaban J connectivity index is 1.48. The van der Waals surface area contributed by atoms with E-state index in [2.05, 4.69) is 20.2 Å². The van der Waals surface area contributed by atoms with Crippen molar-refractivity contribution in [1.29, 1.82) is 0 Å². The Labute approximate surface area is 156 Å². The first-order chi connectivity index (χ1) is 12.6. The van der Waals surface area contributed by atoms with Crippen LogP contribution in [-0.2, 0) is 22.5 Å². The van der Waals surface area contributed by atoms with Crippen LogP contribution in [0.25, 0.3) is 0 Å². The van der Waals surface area contributed by atoms with Gasteiger partial charge in [0.05, 0.1) is 30.5 Å². The second-order valence-electron chi connectivity index (χ2n) is 5.97. The Morgan fingerprint density at radius 3 is 2.88 bits per heavy atom. The third kappa shape index (κ3) is 5.12. The van der Waals surface area contributed by atoms with E-state index < -0.39 is 5.82 Å². The summed E-state index contributed by atoms with van der Waals surface area (Å²) in [5.41, 5.74) is 1.57. The van der Waals surface area contributed by atoms with Crippen molar-refractivity contribution < 1.29 is 13.9 Å². The summed E-state index contributed by atoms with van der Waals surface area (Å²) >= 11 is 5.75. The van der Waals surface area contributed by atoms with Crippen molar-refractivity contribution >= 4 is 23.5 Å². The van der Waals surface area contributed by atoms with Crippen LogP contribution in [0.1, 0.15) is 17.7 Å². The van der Waals surface area contributed by atoms with Crippen LogP contribution in [0.3, 0.4) is 0 Å². The normalized spacial score (nSPS) is 14.3. The smallest absolute Gasteiger partial charge is 0.225 e. The first-order valence-corrected chi connectivity index (χ1v) is 8.85. The minimum absolute atomic E-state index is 0.0690. The van der Waals surface area contributed by atoms with Crippen molar-refractivity contribution in [2.45, 2.75) is 19.4 Å². The summed E-state index contributed by atoms with van der Waals surface area (Å²) in [6.45, 7) is 3.18. The zero-order chi connectivity index (χ0) is 18.4. The van der Waals surface area contributed by atoms with Gasteiger partial charge in [0.15, 0.2) is 0 Å². The lowest BCUT2D eigenvalue weighted by Gasteiger charge is -2.26. The molecule has 6 nitrogen and oxygen atoms in total. The summed E-state index contributed by atoms with van der Waals surface area (Å²) in [6, 6.07) is 6.27. The summed E-state index contributed by atoms with van der Waals surface area (Å²) in [7, 11) is 0. The third-order valence-corrected chi connectivity index (χ3v) is 4.38. The van der Waals surface area contributed by atoms with Crippen molar-refractivity contribution in [3.63, 3.8) is 0 Å². The van der Waals surface area contributed by atoms with Crippen molar-refractivity contribution in [1.82, 2.24) is 15.3 Å². The maximum Gasteiger partial charge on any atom is 0.225 e. The Kier molecular flexibility index (Phi) is 6.35. The third-order valence-electron chi connectivity index (χ3n) is 4.09. The number of rotatable bonds is 6. The molecule has 1 N–H and O–H groups in total. The number of anilines is 1. The van der Waals surface area contributed by atoms with Crippen LogP contribution in [0.4, 0.5) is 10.3 Å². The highest BCUT2D eigenvalue weighted by atomic mass is 35.5. The molecule has 1 saturated heterocycles. The highest BCUT2D eigenvalue weighted by Crippen LogP contribution is 2.17. The molecule has 8 heteroatoms. The lowest BCUT2D eigenvalue weighted by atomic mass is 10.1. The fraction of sp³-hybridized carbons (Fsp3) is 0.389. The summed E-state index contributed by atoms with van der Waals surface area (Å²) in [4.78, 5) is 22.9. The van der Waals surface area contributed by atoms with Crippen molar-refractivity contribution in [2.24, 2.45) is 0 Å². The van der Waals surface area contributed by atoms with Gasteiger partial charge in [-0.1, -0.05) is 17.7 Å². The lowest BCUT2D eigenvalue weighted by molar-refractivity contribution is -0.121. The number of carbonyl (C=O) groups is 1. The minimum atomic E-state index is -0.459. The zero-order valence-corrected chi connectivity index (χ0v) is 15.0. The number of hydrogen-bond acceptors (Lipinski definition) is 5. The molecule has 2 heterocycles. The van der Waals surface area contributed by atoms with E-state index in [9.17, 15) is 9.18 Å². The Bertz CT molecular complexity index is 769. The largest absolute Gasteiger partial charge is 0.378 e. The van der Waals surface area contributed by atoms with E-state index in [4.69, 9.17) is 16.3 Å². The fourth-order valence-electron chi connectivity index (χ4n) is 2.63. The highest BCUT2D eigenvalue weighted by Gasteiger charge is 2.14. The monoisotopic (exact) mass is 378 g/mol. The molecular formula is C18H20ClFN4O2. The first kappa shape index (κ1) is 18.5. The average Bonchev–Trinajstić information content (AvgIpc) is 2.68. The maximum absolute atomic E-state index is 13.1. The first-order valence-electron chi connectivity index (χ1n) is 8.47. The molecule has 1 aliphatic rings. The molecule has 1 amide bonds. The minimum Gasteiger partial charge on any atom is -0.378 e. The van der Waals surface area contributed by atoms with Crippen LogP contribution in [0.2, 0.25) is 5.02 Å². The molecule has 0 aliphatic carbocycles. The average molecular weight is 379 g/mol. The number of hydrogen-bond donors (Lipinski definition) is 1. The molecule has 1 fully saturated rings. The second-order valence-corrected chi connectivity index (χ2v) is 6.38. The molecule has 1 aromatic heterocycles. The SMILES string of the molecule is O=C(CCc1ccc(F)c(Cl)c1)NCc1ccnc(N2CCOCC2)n1. The topological polar surface area (TPSA) is 67.4 Å². The molecule has 0 spiro atoms. The molecule has 2 aromatic rings. The van der Waals surface area contributed by atoms with E-state index in [0.717, 1.165) is 24.3 Å². The van der Waals surface area contributed by atoms with Crippen LogP contribution in [-0.4, -0.2) is 42.2 Å². The van der Waals surface area contributed by atoms with Crippen molar-refractivity contribution in [3.05, 3.63) is 52.6 Å². The van der Waals surface area contributed by atoms with Gasteiger partial charge in [-0.25, -0.2) is 14.4 Å². The molecule has 0 radical (unpaired) electrons. The Morgan fingerprint density at radius 1 is 1.31 bits per heavy atom. The van der Waals surface area contributed by atoms with E-state index >= 15 is 0 Å². The number of benzene rings is 1. The van der Waals surface area contributed by atoms with Crippen LogP contribution in [0.5, 0.6) is 0 Å². The fourth-order valence-corrected chi connectivity index (χ4v) is 2.83. The number of amides is 1. The van der Waals surface area contributed by atoms with Crippen LogP contribution in [0, 0.1) is 5.82 Å². The van der Waals surface area contributed by atoms with Gasteiger partial charge in [0, 0.05) is 25.7 Å². The van der Waals surface area contributed by atoms with Gasteiger partial charge in [-0.05, 0) is 30.2 Å². The van der Waals surface area contributed by atoms with E-state index in [-0.39, 0.29) is 10.9 Å². The standard InChI is InChI=1S/C18H20ClFN4O2/c19-15-11-13(1-3-16(15)20)2-4-17(25)22-12-14-5-6-21-18(23-14)24-7-9-26-10-8-24/h1,3,5-6,11H,2,4,7-10,12H2,(H,22,25). The van der Waals surface area contributed by atoms with E-state index in [1.807, 2.05) is 0 Å². The van der Waals surface area contributed by atoms with Crippen LogP contribution >= 0.6 is 11.6 Å². The Morgan fingerprint density at radius 2 is 2.12 bits per heavy atom. The number of nitrogens with one attached hydrogen (secondary N) is 1. The molecular weight excluding hydrogens is 359 g/mol. The van der Waals surface area contributed by atoms with Gasteiger partial charge in [-0.3, -0.25) is 4.79 Å². The zero-order valence-electron chi connectivity index (χ0n) is 14.3. The van der Waals surface area contributed by atoms with E-state index in [1.54, 1.807) is 24.4 Å². The molecule has 0 atom stereocenters. The number of nitrogens with zero attached hydrogens (tertiary/aromatic N) is 3. The lowest BCUT2D eigenvalue weighted by Crippen LogP contribution is -2.37. The second kappa shape index (κ2) is 8.91. The molecule has 1 aromatic carbocycles. The molecule has 26 heavy (non-hydrogen) atoms. The number of carbonyl (C=O) groups excluding carboxylic acids is 1. The molecule has 0 unspecified atom stereocenters. The summed E-state index contributed by atoms with van der Waals surface area (Å²) < 4.78 is 18.5. The molecule has 3 rings (SSSR count). The number of aryl methyl sites for hydroxylation is 1. The molecule has 0 saturated carbocycles. The number of halogens is 2. The highest BCUT2D eigenvalue weighted by molar-refractivity contribution is 6.30. The van der Waals surface area contributed by atoms with Gasteiger partial charge < -0.3 is 15.0 Å². The number of aromatic nitrogens is 2. The number of morpholine rings is 1. The van der Waals surface area contributed by atoms with Gasteiger partial charge in [0.1, 0.15) is 5.82 Å².